The molecule has 0 aliphatic carbocycles. The molecule has 102 valence electrons. The van der Waals surface area contributed by atoms with Crippen LogP contribution in [0.5, 0.6) is 0 Å². The topological polar surface area (TPSA) is 59.3 Å². The molecule has 4 heteroatoms. The maximum absolute atomic E-state index is 9.28. The van der Waals surface area contributed by atoms with Crippen LogP contribution in [0.2, 0.25) is 0 Å². The van der Waals surface area contributed by atoms with Gasteiger partial charge in [0.2, 0.25) is 0 Å². The first-order valence-electron chi connectivity index (χ1n) is 6.85. The van der Waals surface area contributed by atoms with Gasteiger partial charge in [0.05, 0.1) is 17.9 Å². The fourth-order valence-corrected chi connectivity index (χ4v) is 2.76. The number of anilines is 1. The second-order valence-corrected chi connectivity index (χ2v) is 5.05. The average Bonchev–Trinajstić information content (AvgIpc) is 2.91. The molecular weight excluding hydrogens is 238 g/mol. The van der Waals surface area contributed by atoms with Crippen molar-refractivity contribution < 1.29 is 5.11 Å². The normalized spacial score (nSPS) is 18.3. The Labute approximate surface area is 114 Å². The van der Waals surface area contributed by atoms with E-state index in [1.165, 1.54) is 6.42 Å². The van der Waals surface area contributed by atoms with E-state index in [1.807, 2.05) is 25.1 Å². The Morgan fingerprint density at radius 2 is 2.37 bits per heavy atom. The van der Waals surface area contributed by atoms with E-state index in [0.29, 0.717) is 18.2 Å². The van der Waals surface area contributed by atoms with Crippen LogP contribution in [0.15, 0.2) is 18.2 Å². The van der Waals surface area contributed by atoms with Crippen LogP contribution in [0, 0.1) is 18.3 Å². The summed E-state index contributed by atoms with van der Waals surface area (Å²) in [7, 11) is 0. The molecule has 1 aromatic carbocycles. The third kappa shape index (κ3) is 3.25. The highest BCUT2D eigenvalue weighted by molar-refractivity contribution is 5.64. The number of benzene rings is 1. The first-order chi connectivity index (χ1) is 9.26. The zero-order valence-electron chi connectivity index (χ0n) is 11.4. The molecule has 1 aliphatic heterocycles. The number of aryl methyl sites for hydroxylation is 1. The molecule has 0 bridgehead atoms. The molecule has 19 heavy (non-hydrogen) atoms. The Bertz CT molecular complexity index is 461. The molecule has 1 heterocycles. The summed E-state index contributed by atoms with van der Waals surface area (Å²) in [6, 6.07) is 8.48. The molecule has 1 fully saturated rings. The van der Waals surface area contributed by atoms with Crippen LogP contribution in [-0.2, 0) is 0 Å². The maximum atomic E-state index is 9.28. The molecule has 2 N–H and O–H groups in total. The standard InChI is InChI=1S/C15H21N3O/c1-12-4-2-5-13(10-16)15(12)18(8-9-19)11-14-6-3-7-17-14/h2,4-5,14,17,19H,3,6-9,11H2,1H3. The van der Waals surface area contributed by atoms with Gasteiger partial charge in [0.25, 0.3) is 0 Å². The molecule has 0 aromatic heterocycles. The number of hydrogen-bond donors (Lipinski definition) is 2. The number of aliphatic hydroxyl groups excluding tert-OH is 1. The van der Waals surface area contributed by atoms with Gasteiger partial charge in [0.1, 0.15) is 6.07 Å². The van der Waals surface area contributed by atoms with Crippen molar-refractivity contribution in [2.45, 2.75) is 25.8 Å². The minimum absolute atomic E-state index is 0.103. The molecular formula is C15H21N3O. The molecule has 1 atom stereocenters. The fraction of sp³-hybridized carbons (Fsp3) is 0.533. The van der Waals surface area contributed by atoms with Crippen molar-refractivity contribution in [2.75, 3.05) is 31.1 Å². The zero-order chi connectivity index (χ0) is 13.7. The van der Waals surface area contributed by atoms with Crippen LogP contribution < -0.4 is 10.2 Å². The van der Waals surface area contributed by atoms with Gasteiger partial charge in [-0.1, -0.05) is 12.1 Å². The van der Waals surface area contributed by atoms with Gasteiger partial charge in [-0.15, -0.1) is 0 Å². The van der Waals surface area contributed by atoms with Crippen molar-refractivity contribution in [1.29, 1.82) is 5.26 Å². The number of aliphatic hydroxyl groups is 1. The van der Waals surface area contributed by atoms with Crippen molar-refractivity contribution in [1.82, 2.24) is 5.32 Å². The van der Waals surface area contributed by atoms with Gasteiger partial charge in [-0.3, -0.25) is 0 Å². The third-order valence-corrected chi connectivity index (χ3v) is 3.65. The minimum atomic E-state index is 0.103. The van der Waals surface area contributed by atoms with Crippen LogP contribution >= 0.6 is 0 Å². The number of rotatable bonds is 5. The lowest BCUT2D eigenvalue weighted by Crippen LogP contribution is -2.39. The van der Waals surface area contributed by atoms with Crippen molar-refractivity contribution in [3.05, 3.63) is 29.3 Å². The summed E-state index contributed by atoms with van der Waals surface area (Å²) < 4.78 is 0. The van der Waals surface area contributed by atoms with Gasteiger partial charge in [0.15, 0.2) is 0 Å². The monoisotopic (exact) mass is 259 g/mol. The molecule has 1 aromatic rings. The Balaban J connectivity index is 2.25. The van der Waals surface area contributed by atoms with Crippen LogP contribution in [0.4, 0.5) is 5.69 Å². The largest absolute Gasteiger partial charge is 0.395 e. The van der Waals surface area contributed by atoms with Gasteiger partial charge in [0, 0.05) is 19.1 Å². The lowest BCUT2D eigenvalue weighted by molar-refractivity contribution is 0.300. The quantitative estimate of drug-likeness (QED) is 0.839. The lowest BCUT2D eigenvalue weighted by atomic mass is 10.1. The number of para-hydroxylation sites is 1. The van der Waals surface area contributed by atoms with Crippen molar-refractivity contribution in [3.63, 3.8) is 0 Å². The van der Waals surface area contributed by atoms with Gasteiger partial charge in [-0.05, 0) is 37.9 Å². The third-order valence-electron chi connectivity index (χ3n) is 3.65. The van der Waals surface area contributed by atoms with Gasteiger partial charge in [-0.25, -0.2) is 0 Å². The van der Waals surface area contributed by atoms with E-state index < -0.39 is 0 Å². The van der Waals surface area contributed by atoms with Crippen LogP contribution in [-0.4, -0.2) is 37.4 Å². The van der Waals surface area contributed by atoms with Crippen molar-refractivity contribution >= 4 is 5.69 Å². The Hall–Kier alpha value is -1.57. The van der Waals surface area contributed by atoms with E-state index in [4.69, 9.17) is 0 Å². The molecule has 0 spiro atoms. The van der Waals surface area contributed by atoms with Crippen LogP contribution in [0.25, 0.3) is 0 Å². The number of nitrogens with zero attached hydrogens (tertiary/aromatic N) is 2. The van der Waals surface area contributed by atoms with E-state index in [1.54, 1.807) is 0 Å². The molecule has 0 radical (unpaired) electrons. The van der Waals surface area contributed by atoms with Crippen LogP contribution in [0.1, 0.15) is 24.0 Å². The summed E-state index contributed by atoms with van der Waals surface area (Å²) in [6.07, 6.45) is 2.37. The van der Waals surface area contributed by atoms with E-state index in [-0.39, 0.29) is 6.61 Å². The summed E-state index contributed by atoms with van der Waals surface area (Å²) in [5.41, 5.74) is 2.74. The lowest BCUT2D eigenvalue weighted by Gasteiger charge is -2.29. The van der Waals surface area contributed by atoms with Gasteiger partial charge in [-0.2, -0.15) is 5.26 Å². The molecule has 2 rings (SSSR count). The van der Waals surface area contributed by atoms with E-state index >= 15 is 0 Å². The predicted molar refractivity (Wildman–Crippen MR) is 76.2 cm³/mol. The average molecular weight is 259 g/mol. The molecule has 0 amide bonds. The van der Waals surface area contributed by atoms with Crippen LogP contribution in [0.3, 0.4) is 0 Å². The molecule has 1 saturated heterocycles. The summed E-state index contributed by atoms with van der Waals surface area (Å²) in [6.45, 7) is 4.60. The summed E-state index contributed by atoms with van der Waals surface area (Å²) in [5, 5.41) is 22.0. The molecule has 1 aliphatic rings. The highest BCUT2D eigenvalue weighted by Crippen LogP contribution is 2.25. The summed E-state index contributed by atoms with van der Waals surface area (Å²) in [5.74, 6) is 0. The Kier molecular flexibility index (Phi) is 4.78. The first kappa shape index (κ1) is 13.9. The number of nitriles is 1. The smallest absolute Gasteiger partial charge is 0.101 e. The highest BCUT2D eigenvalue weighted by Gasteiger charge is 2.20. The number of nitrogens with one attached hydrogen (secondary N) is 1. The zero-order valence-corrected chi connectivity index (χ0v) is 11.4. The van der Waals surface area contributed by atoms with E-state index in [0.717, 1.165) is 30.8 Å². The first-order valence-corrected chi connectivity index (χ1v) is 6.85. The number of hydrogen-bond acceptors (Lipinski definition) is 4. The van der Waals surface area contributed by atoms with Gasteiger partial charge >= 0.3 is 0 Å². The Morgan fingerprint density at radius 1 is 1.53 bits per heavy atom. The SMILES string of the molecule is Cc1cccc(C#N)c1N(CCO)CC1CCCN1. The van der Waals surface area contributed by atoms with E-state index in [2.05, 4.69) is 16.3 Å². The Morgan fingerprint density at radius 3 is 3.00 bits per heavy atom. The summed E-state index contributed by atoms with van der Waals surface area (Å²) >= 11 is 0. The second-order valence-electron chi connectivity index (χ2n) is 5.05. The maximum Gasteiger partial charge on any atom is 0.101 e. The van der Waals surface area contributed by atoms with Crippen molar-refractivity contribution in [3.8, 4) is 6.07 Å². The fourth-order valence-electron chi connectivity index (χ4n) is 2.76. The minimum Gasteiger partial charge on any atom is -0.395 e. The molecule has 0 saturated carbocycles. The van der Waals surface area contributed by atoms with Gasteiger partial charge < -0.3 is 15.3 Å². The summed E-state index contributed by atoms with van der Waals surface area (Å²) in [4.78, 5) is 2.14. The van der Waals surface area contributed by atoms with E-state index in [9.17, 15) is 10.4 Å². The second kappa shape index (κ2) is 6.55. The van der Waals surface area contributed by atoms with Crippen molar-refractivity contribution in [2.24, 2.45) is 0 Å². The molecule has 4 nitrogen and oxygen atoms in total. The highest BCUT2D eigenvalue weighted by atomic mass is 16.3. The molecule has 1 unspecified atom stereocenters. The predicted octanol–water partition coefficient (Wildman–Crippen LogP) is 1.42.